The van der Waals surface area contributed by atoms with Gasteiger partial charge in [-0.1, -0.05) is 6.92 Å². The number of nitrogens with zero attached hydrogens (tertiary/aromatic N) is 1. The number of hydrogen-bond acceptors (Lipinski definition) is 8. The second kappa shape index (κ2) is 17.1. The number of carbonyl (C=O) groups is 3. The first-order chi connectivity index (χ1) is 13.9. The quantitative estimate of drug-likeness (QED) is 0.366. The van der Waals surface area contributed by atoms with Gasteiger partial charge in [-0.15, -0.1) is 11.3 Å². The largest absolute Gasteiger partial charge is 0.453 e. The lowest BCUT2D eigenvalue weighted by Gasteiger charge is -2.13. The van der Waals surface area contributed by atoms with Gasteiger partial charge in [0.2, 0.25) is 0 Å². The molecule has 166 valence electrons. The van der Waals surface area contributed by atoms with Crippen LogP contribution < -0.4 is 10.6 Å². The zero-order valence-corrected chi connectivity index (χ0v) is 19.0. The van der Waals surface area contributed by atoms with Crippen molar-refractivity contribution in [2.45, 2.75) is 38.8 Å². The monoisotopic (exact) mass is 429 g/mol. The first kappa shape index (κ1) is 27.2. The molecule has 0 radical (unpaired) electrons. The summed E-state index contributed by atoms with van der Waals surface area (Å²) in [5.74, 6) is 0. The lowest BCUT2D eigenvalue weighted by molar-refractivity contribution is -0.116. The van der Waals surface area contributed by atoms with Crippen LogP contribution in [0.5, 0.6) is 0 Å². The van der Waals surface area contributed by atoms with E-state index in [1.807, 2.05) is 0 Å². The number of aryl methyl sites for hydroxylation is 1. The summed E-state index contributed by atoms with van der Waals surface area (Å²) in [5.41, 5.74) is 1.07. The van der Waals surface area contributed by atoms with E-state index in [0.717, 1.165) is 55.4 Å². The Morgan fingerprint density at radius 1 is 1.34 bits per heavy atom. The number of rotatable bonds is 13. The van der Waals surface area contributed by atoms with E-state index in [9.17, 15) is 14.4 Å². The number of likely N-dealkylation sites (N-methyl/N-ethyl adjacent to an activating group) is 1. The number of nitrogens with one attached hydrogen (secondary N) is 2. The molecule has 0 aliphatic carbocycles. The number of amides is 1. The van der Waals surface area contributed by atoms with Crippen LogP contribution in [-0.4, -0.2) is 77.6 Å². The molecule has 0 bridgehead atoms. The number of ether oxygens (including phenoxy) is 2. The van der Waals surface area contributed by atoms with Crippen LogP contribution >= 0.6 is 11.3 Å². The van der Waals surface area contributed by atoms with Crippen molar-refractivity contribution in [1.29, 1.82) is 0 Å². The van der Waals surface area contributed by atoms with Gasteiger partial charge in [0, 0.05) is 31.6 Å². The van der Waals surface area contributed by atoms with Crippen LogP contribution in [0.25, 0.3) is 0 Å². The summed E-state index contributed by atoms with van der Waals surface area (Å²) in [6.45, 7) is 5.21. The molecule has 1 aromatic heterocycles. The third-order valence-electron chi connectivity index (χ3n) is 3.97. The average Bonchev–Trinajstić information content (AvgIpc) is 3.11. The van der Waals surface area contributed by atoms with Crippen molar-refractivity contribution in [2.75, 3.05) is 47.9 Å². The number of alkyl carbamates (subject to hydrolysis) is 1. The number of hydrogen-bond donors (Lipinski definition) is 2. The highest BCUT2D eigenvalue weighted by atomic mass is 32.1. The summed E-state index contributed by atoms with van der Waals surface area (Å²) in [6.07, 6.45) is 3.68. The van der Waals surface area contributed by atoms with Crippen molar-refractivity contribution in [3.63, 3.8) is 0 Å². The molecule has 0 spiro atoms. The molecule has 0 aromatic carbocycles. The number of aldehydes is 2. The molecule has 0 aliphatic rings. The van der Waals surface area contributed by atoms with Crippen LogP contribution in [0.4, 0.5) is 4.79 Å². The second-order valence-corrected chi connectivity index (χ2v) is 7.62. The molecule has 8 nitrogen and oxygen atoms in total. The average molecular weight is 430 g/mol. The Hall–Kier alpha value is -1.81. The summed E-state index contributed by atoms with van der Waals surface area (Å²) in [7, 11) is 6.72. The van der Waals surface area contributed by atoms with E-state index in [1.54, 1.807) is 18.4 Å². The van der Waals surface area contributed by atoms with E-state index in [4.69, 9.17) is 4.74 Å². The predicted molar refractivity (Wildman–Crippen MR) is 116 cm³/mol. The number of carbonyl (C=O) groups excluding carboxylic acids is 3. The normalized spacial score (nSPS) is 11.4. The van der Waals surface area contributed by atoms with Gasteiger partial charge in [0.15, 0.2) is 6.29 Å². The topological polar surface area (TPSA) is 97.0 Å². The third kappa shape index (κ3) is 12.4. The van der Waals surface area contributed by atoms with Crippen molar-refractivity contribution in [1.82, 2.24) is 15.5 Å². The molecule has 0 aliphatic heterocycles. The molecule has 1 heterocycles. The van der Waals surface area contributed by atoms with Crippen molar-refractivity contribution < 1.29 is 23.9 Å². The minimum atomic E-state index is -0.419. The van der Waals surface area contributed by atoms with Crippen molar-refractivity contribution in [3.05, 3.63) is 21.4 Å². The lowest BCUT2D eigenvalue weighted by atomic mass is 10.1. The molecule has 1 aromatic rings. The van der Waals surface area contributed by atoms with E-state index in [-0.39, 0.29) is 6.10 Å². The minimum Gasteiger partial charge on any atom is -0.453 e. The molecule has 0 fully saturated rings. The molecule has 2 N–H and O–H groups in total. The van der Waals surface area contributed by atoms with E-state index in [2.05, 4.69) is 40.3 Å². The molecule has 0 saturated carbocycles. The minimum absolute atomic E-state index is 0.292. The molecule has 1 unspecified atom stereocenters. The summed E-state index contributed by atoms with van der Waals surface area (Å²) in [4.78, 5) is 36.3. The van der Waals surface area contributed by atoms with Gasteiger partial charge in [-0.05, 0) is 51.5 Å². The molecule has 1 rings (SSSR count). The van der Waals surface area contributed by atoms with Gasteiger partial charge in [0.05, 0.1) is 12.0 Å². The Morgan fingerprint density at radius 2 is 2.07 bits per heavy atom. The van der Waals surface area contributed by atoms with Crippen LogP contribution in [-0.2, 0) is 27.2 Å². The van der Waals surface area contributed by atoms with Gasteiger partial charge >= 0.3 is 6.09 Å². The summed E-state index contributed by atoms with van der Waals surface area (Å²) in [5, 5.41) is 5.45. The van der Waals surface area contributed by atoms with E-state index in [0.29, 0.717) is 13.1 Å². The molecule has 9 heteroatoms. The van der Waals surface area contributed by atoms with Crippen molar-refractivity contribution in [3.8, 4) is 0 Å². The third-order valence-corrected chi connectivity index (χ3v) is 5.06. The first-order valence-electron chi connectivity index (χ1n) is 9.65. The molecular formula is C20H35N3O5S. The van der Waals surface area contributed by atoms with Gasteiger partial charge in [-0.2, -0.15) is 0 Å². The first-order valence-corrected chi connectivity index (χ1v) is 10.5. The second-order valence-electron chi connectivity index (χ2n) is 6.45. The highest BCUT2D eigenvalue weighted by Crippen LogP contribution is 2.23. The highest BCUT2D eigenvalue weighted by molar-refractivity contribution is 7.13. The maximum absolute atomic E-state index is 11.1. The standard InChI is InChI=1S/C15H24N2O3S.C5H11NO2/c1-4-8-17(2)10-13-9-12(14(11-18)21-13)6-5-7-16-15(19)20-3;1-6-3-5(4-7)8-2/h9,11H,4-8,10H2,1-3H3,(H,16,19);4-6H,3H2,1-2H3. The summed E-state index contributed by atoms with van der Waals surface area (Å²) >= 11 is 1.56. The van der Waals surface area contributed by atoms with Gasteiger partial charge < -0.3 is 29.8 Å². The van der Waals surface area contributed by atoms with Crippen LogP contribution in [0, 0.1) is 0 Å². The van der Waals surface area contributed by atoms with Crippen LogP contribution in [0.3, 0.4) is 0 Å². The highest BCUT2D eigenvalue weighted by Gasteiger charge is 2.10. The Bertz CT molecular complexity index is 595. The number of methoxy groups -OCH3 is 2. The zero-order valence-electron chi connectivity index (χ0n) is 18.2. The predicted octanol–water partition coefficient (Wildman–Crippen LogP) is 2.11. The molecule has 1 amide bonds. The van der Waals surface area contributed by atoms with Crippen LogP contribution in [0.1, 0.15) is 39.9 Å². The van der Waals surface area contributed by atoms with Gasteiger partial charge in [-0.3, -0.25) is 4.79 Å². The van der Waals surface area contributed by atoms with Crippen LogP contribution in [0.2, 0.25) is 0 Å². The van der Waals surface area contributed by atoms with E-state index < -0.39 is 6.09 Å². The SMILES string of the molecule is CCCN(C)Cc1cc(CCCNC(=O)OC)c(C=O)s1.CNCC(C=O)OC. The molecule has 29 heavy (non-hydrogen) atoms. The Morgan fingerprint density at radius 3 is 2.55 bits per heavy atom. The zero-order chi connectivity index (χ0) is 22.1. The smallest absolute Gasteiger partial charge is 0.406 e. The molecule has 0 saturated heterocycles. The molecule has 1 atom stereocenters. The van der Waals surface area contributed by atoms with Crippen molar-refractivity contribution >= 4 is 30.0 Å². The van der Waals surface area contributed by atoms with E-state index in [1.165, 1.54) is 19.1 Å². The van der Waals surface area contributed by atoms with Crippen molar-refractivity contribution in [2.24, 2.45) is 0 Å². The lowest BCUT2D eigenvalue weighted by Crippen LogP contribution is -2.26. The maximum atomic E-state index is 11.1. The summed E-state index contributed by atoms with van der Waals surface area (Å²) < 4.78 is 9.22. The Balaban J connectivity index is 0.000000828. The fourth-order valence-electron chi connectivity index (χ4n) is 2.53. The Kier molecular flexibility index (Phi) is 16.0. The summed E-state index contributed by atoms with van der Waals surface area (Å²) in [6, 6.07) is 2.11. The van der Waals surface area contributed by atoms with Gasteiger partial charge in [0.1, 0.15) is 12.4 Å². The van der Waals surface area contributed by atoms with Gasteiger partial charge in [-0.25, -0.2) is 4.79 Å². The van der Waals surface area contributed by atoms with Gasteiger partial charge in [0.25, 0.3) is 0 Å². The maximum Gasteiger partial charge on any atom is 0.406 e. The fourth-order valence-corrected chi connectivity index (χ4v) is 3.64. The molecular weight excluding hydrogens is 394 g/mol. The van der Waals surface area contributed by atoms with E-state index >= 15 is 0 Å². The van der Waals surface area contributed by atoms with Crippen LogP contribution in [0.15, 0.2) is 6.07 Å². The Labute approximate surface area is 177 Å². The number of thiophene rings is 1. The fraction of sp³-hybridized carbons (Fsp3) is 0.650.